The van der Waals surface area contributed by atoms with E-state index in [1.54, 1.807) is 66.7 Å². The van der Waals surface area contributed by atoms with Crippen molar-refractivity contribution in [1.29, 1.82) is 0 Å². The summed E-state index contributed by atoms with van der Waals surface area (Å²) in [7, 11) is 1.05. The summed E-state index contributed by atoms with van der Waals surface area (Å²) in [6, 6.07) is 63.1. The number of hydrogen-bond acceptors (Lipinski definition) is 13. The summed E-state index contributed by atoms with van der Waals surface area (Å²) in [6.45, 7) is 0.842. The van der Waals surface area contributed by atoms with Crippen molar-refractivity contribution in [3.63, 3.8) is 0 Å². The van der Waals surface area contributed by atoms with E-state index in [1.165, 1.54) is 24.3 Å². The van der Waals surface area contributed by atoms with Crippen molar-refractivity contribution in [3.05, 3.63) is 257 Å². The fraction of sp³-hybridized carbons (Fsp3) is 0.161. The molecule has 0 saturated heterocycles. The summed E-state index contributed by atoms with van der Waals surface area (Å²) in [5.41, 5.74) is 4.79. The number of ether oxygens (including phenoxy) is 9. The smallest absolute Gasteiger partial charge is 0.352 e. The van der Waals surface area contributed by atoms with E-state index in [0.717, 1.165) is 29.4 Å². The first kappa shape index (κ1) is 50.6. The third-order valence-electron chi connectivity index (χ3n) is 12.1. The Morgan fingerprint density at radius 1 is 0.467 bits per heavy atom. The highest BCUT2D eigenvalue weighted by atomic mass is 16.6. The number of carbonyl (C=O) groups excluding carboxylic acids is 4. The second-order valence-electron chi connectivity index (χ2n) is 17.3. The number of fused-ring (bicyclic) bond motifs is 1. The lowest BCUT2D eigenvalue weighted by atomic mass is 10.0. The molecule has 13 heteroatoms. The van der Waals surface area contributed by atoms with E-state index in [2.05, 4.69) is 0 Å². The molecule has 1 heterocycles. The van der Waals surface area contributed by atoms with E-state index in [0.29, 0.717) is 39.9 Å². The van der Waals surface area contributed by atoms with E-state index in [9.17, 15) is 14.4 Å². The Kier molecular flexibility index (Phi) is 16.8. The van der Waals surface area contributed by atoms with Gasteiger partial charge in [-0.05, 0) is 58.7 Å². The molecule has 8 aromatic carbocycles. The highest BCUT2D eigenvalue weighted by Gasteiger charge is 2.46. The Balaban J connectivity index is 1.12. The van der Waals surface area contributed by atoms with Gasteiger partial charge in [0.05, 0.1) is 18.2 Å². The molecule has 0 unspecified atom stereocenters. The second kappa shape index (κ2) is 24.9. The van der Waals surface area contributed by atoms with Gasteiger partial charge in [-0.25, -0.2) is 19.2 Å². The molecule has 378 valence electrons. The van der Waals surface area contributed by atoms with Crippen LogP contribution in [0.3, 0.4) is 0 Å². The predicted octanol–water partition coefficient (Wildman–Crippen LogP) is 11.2. The van der Waals surface area contributed by atoms with E-state index >= 15 is 4.79 Å². The molecular formula is C62H52O13. The van der Waals surface area contributed by atoms with Crippen molar-refractivity contribution in [3.8, 4) is 28.7 Å². The Hall–Kier alpha value is -9.36. The molecule has 4 atom stereocenters. The van der Waals surface area contributed by atoms with Gasteiger partial charge in [0.2, 0.25) is 12.2 Å². The topological polar surface area (TPSA) is 151 Å². The van der Waals surface area contributed by atoms with Crippen LogP contribution in [0.1, 0.15) is 60.2 Å². The minimum atomic E-state index is -2.18. The third kappa shape index (κ3) is 13.4. The summed E-state index contributed by atoms with van der Waals surface area (Å²) in [6.07, 6.45) is -6.68. The van der Waals surface area contributed by atoms with Crippen LogP contribution < -0.4 is 23.7 Å². The zero-order chi connectivity index (χ0) is 51.8. The van der Waals surface area contributed by atoms with Gasteiger partial charge in [0, 0.05) is 29.7 Å². The van der Waals surface area contributed by atoms with Crippen molar-refractivity contribution in [1.82, 2.24) is 0 Å². The average Bonchev–Trinajstić information content (AvgIpc) is 3.47. The molecule has 13 nitrogen and oxygen atoms in total. The van der Waals surface area contributed by atoms with Crippen molar-refractivity contribution >= 4 is 23.9 Å². The molecule has 8 aromatic rings. The Morgan fingerprint density at radius 2 is 0.893 bits per heavy atom. The first-order valence-electron chi connectivity index (χ1n) is 24.2. The third-order valence-corrected chi connectivity index (χ3v) is 12.1. The van der Waals surface area contributed by atoms with Crippen LogP contribution in [0.15, 0.2) is 212 Å². The lowest BCUT2D eigenvalue weighted by Crippen LogP contribution is -2.49. The molecule has 1 aliphatic rings. The van der Waals surface area contributed by atoms with Gasteiger partial charge >= 0.3 is 23.9 Å². The fourth-order valence-electron chi connectivity index (χ4n) is 8.22. The van der Waals surface area contributed by atoms with Gasteiger partial charge in [0.1, 0.15) is 49.8 Å². The van der Waals surface area contributed by atoms with Crippen LogP contribution in [0.2, 0.25) is 0 Å². The van der Waals surface area contributed by atoms with Crippen LogP contribution >= 0.6 is 0 Å². The molecule has 0 spiro atoms. The maximum absolute atomic E-state index is 15.1. The molecule has 0 saturated carbocycles. The van der Waals surface area contributed by atoms with Crippen LogP contribution in [-0.2, 0) is 61.4 Å². The van der Waals surface area contributed by atoms with Gasteiger partial charge in [-0.2, -0.15) is 0 Å². The van der Waals surface area contributed by atoms with Crippen LogP contribution in [0.25, 0.3) is 0 Å². The van der Waals surface area contributed by atoms with Gasteiger partial charge in [0.25, 0.3) is 0 Å². The van der Waals surface area contributed by atoms with E-state index in [1.807, 2.05) is 121 Å². The summed E-state index contributed by atoms with van der Waals surface area (Å²) in [5.74, 6) is -2.42. The summed E-state index contributed by atoms with van der Waals surface area (Å²) in [5, 5.41) is 0. The van der Waals surface area contributed by atoms with Crippen LogP contribution in [0, 0.1) is 0 Å². The van der Waals surface area contributed by atoms with E-state index in [-0.39, 0.29) is 44.0 Å². The first-order valence-corrected chi connectivity index (χ1v) is 24.2. The largest absolute Gasteiger partial charge is 0.489 e. The molecule has 1 aliphatic heterocycles. The zero-order valence-electron chi connectivity index (χ0n) is 40.9. The minimum Gasteiger partial charge on any atom is -0.489 e. The monoisotopic (exact) mass is 1010 g/mol. The van der Waals surface area contributed by atoms with Crippen molar-refractivity contribution < 1.29 is 61.8 Å². The average molecular weight is 1010 g/mol. The van der Waals surface area contributed by atoms with Crippen LogP contribution in [0.4, 0.5) is 0 Å². The van der Waals surface area contributed by atoms with Crippen molar-refractivity contribution in [2.75, 3.05) is 7.11 Å². The summed E-state index contributed by atoms with van der Waals surface area (Å²) >= 11 is 0. The molecular weight excluding hydrogens is 954 g/mol. The number of esters is 4. The Morgan fingerprint density at radius 3 is 1.37 bits per heavy atom. The predicted molar refractivity (Wildman–Crippen MR) is 276 cm³/mol. The lowest BCUT2D eigenvalue weighted by Gasteiger charge is -2.35. The number of rotatable bonds is 21. The lowest BCUT2D eigenvalue weighted by molar-refractivity contribution is -0.179. The SMILES string of the molecule is COC(=O)[C@@H](OC(=O)c1ccccc1)[C@H](OC(=O)c1ccccc1)C(=O)O[C@@H]1[13CH2]c2c(OCc3ccccc3)cc(OCc3ccccc3)cc2O[C@H]1c1ccc(OCc2ccccc2)c(OCc2ccccc2)c1. The van der Waals surface area contributed by atoms with E-state index < -0.39 is 48.3 Å². The molecule has 0 N–H and O–H groups in total. The molecule has 0 amide bonds. The number of carbonyl (C=O) groups is 4. The molecule has 0 bridgehead atoms. The van der Waals surface area contributed by atoms with Gasteiger partial charge in [-0.1, -0.05) is 164 Å². The van der Waals surface area contributed by atoms with Gasteiger partial charge in [-0.15, -0.1) is 0 Å². The maximum atomic E-state index is 15.1. The summed E-state index contributed by atoms with van der Waals surface area (Å²) < 4.78 is 55.8. The zero-order valence-corrected chi connectivity index (χ0v) is 40.9. The van der Waals surface area contributed by atoms with E-state index in [4.69, 9.17) is 42.6 Å². The fourth-order valence-corrected chi connectivity index (χ4v) is 8.22. The van der Waals surface area contributed by atoms with Crippen molar-refractivity contribution in [2.45, 2.75) is 57.3 Å². The maximum Gasteiger partial charge on any atom is 0.352 e. The number of hydrogen-bond donors (Lipinski definition) is 0. The molecule has 0 aliphatic carbocycles. The highest BCUT2D eigenvalue weighted by molar-refractivity contribution is 5.96. The number of methoxy groups -OCH3 is 1. The second-order valence-corrected chi connectivity index (χ2v) is 17.3. The standard InChI is InChI=1S/C62H52O13/c1-67-61(65)57(74-59(63)46-28-16-6-17-29-46)58(75-60(64)47-30-18-7-19-31-47)62(66)73-55-37-50-52(70-40-44-24-12-4-13-25-44)35-49(68-38-42-20-8-2-9-21-42)36-53(50)72-56(55)48-32-33-51(69-39-43-22-10-3-11-23-43)54(34-48)71-41-45-26-14-5-15-27-45/h2-36,55-58H,37-41H2,1H3/t55-,56+,57+,58+/m1/s1/i37+1. The molecule has 75 heavy (non-hydrogen) atoms. The van der Waals surface area contributed by atoms with Crippen molar-refractivity contribution in [2.24, 2.45) is 0 Å². The molecule has 0 radical (unpaired) electrons. The normalized spacial score (nSPS) is 14.3. The van der Waals surface area contributed by atoms with Gasteiger partial charge < -0.3 is 42.6 Å². The number of benzene rings is 8. The quantitative estimate of drug-likeness (QED) is 0.0382. The van der Waals surface area contributed by atoms with Gasteiger partial charge in [-0.3, -0.25) is 0 Å². The molecule has 9 rings (SSSR count). The van der Waals surface area contributed by atoms with Crippen LogP contribution in [0.5, 0.6) is 28.7 Å². The van der Waals surface area contributed by atoms with Crippen LogP contribution in [-0.4, -0.2) is 49.3 Å². The van der Waals surface area contributed by atoms with Gasteiger partial charge in [0.15, 0.2) is 17.6 Å². The Bertz CT molecular complexity index is 3160. The molecule has 0 fully saturated rings. The summed E-state index contributed by atoms with van der Waals surface area (Å²) in [4.78, 5) is 56.2. The molecule has 0 aromatic heterocycles. The Labute approximate surface area is 434 Å². The minimum absolute atomic E-state index is 0.0344. The highest BCUT2D eigenvalue weighted by Crippen LogP contribution is 2.45. The first-order chi connectivity index (χ1) is 36.8.